The molecule has 0 fully saturated rings. The van der Waals surface area contributed by atoms with E-state index in [-0.39, 0.29) is 6.42 Å². The molecule has 0 spiro atoms. The Labute approximate surface area is 145 Å². The molecule has 0 aromatic rings. The molecule has 0 aliphatic rings. The van der Waals surface area contributed by atoms with Crippen molar-refractivity contribution in [2.45, 2.75) is 57.7 Å². The maximum absolute atomic E-state index is 10.3. The van der Waals surface area contributed by atoms with E-state index in [4.69, 9.17) is 5.11 Å². The first-order valence-corrected chi connectivity index (χ1v) is 8.45. The highest BCUT2D eigenvalue weighted by atomic mass is 16.4. The Morgan fingerprint density at radius 1 is 0.875 bits per heavy atom. The number of hydrogen-bond donors (Lipinski definition) is 3. The van der Waals surface area contributed by atoms with E-state index < -0.39 is 18.2 Å². The van der Waals surface area contributed by atoms with Crippen molar-refractivity contribution in [1.29, 1.82) is 0 Å². The van der Waals surface area contributed by atoms with Gasteiger partial charge in [-0.15, -0.1) is 0 Å². The number of carboxylic acids is 1. The summed E-state index contributed by atoms with van der Waals surface area (Å²) >= 11 is 0. The van der Waals surface area contributed by atoms with E-state index >= 15 is 0 Å². The summed E-state index contributed by atoms with van der Waals surface area (Å²) in [5.74, 6) is -0.780. The van der Waals surface area contributed by atoms with Gasteiger partial charge in [-0.25, -0.2) is 0 Å². The van der Waals surface area contributed by atoms with Crippen molar-refractivity contribution in [3.63, 3.8) is 0 Å². The van der Waals surface area contributed by atoms with Crippen molar-refractivity contribution in [3.05, 3.63) is 60.8 Å². The molecule has 24 heavy (non-hydrogen) atoms. The highest BCUT2D eigenvalue weighted by Gasteiger charge is 1.95. The molecule has 0 rings (SSSR count). The zero-order valence-corrected chi connectivity index (χ0v) is 14.4. The fourth-order valence-electron chi connectivity index (χ4n) is 1.80. The van der Waals surface area contributed by atoms with Crippen molar-refractivity contribution >= 4 is 5.97 Å². The molecule has 4 heteroatoms. The van der Waals surface area contributed by atoms with Crippen LogP contribution in [0.3, 0.4) is 0 Å². The molecule has 1 unspecified atom stereocenters. The van der Waals surface area contributed by atoms with Crippen LogP contribution in [0.1, 0.15) is 45.4 Å². The highest BCUT2D eigenvalue weighted by Crippen LogP contribution is 2.01. The standard InChI is InChI=1S/C20H30O4/c1-2-3-8-13-18(21)14-9-4-5-10-15-19(22)16-11-6-7-12-17-20(23)24/h3-6,8-11,14-15,18-19,21-22H,2,7,12-13,16-17H2,1H3,(H,23,24)/b5-4-,8-3-,11-6-,14-9+,15-10+/t18-,19?/m0/s1. The van der Waals surface area contributed by atoms with Gasteiger partial charge < -0.3 is 15.3 Å². The molecule has 0 radical (unpaired) electrons. The van der Waals surface area contributed by atoms with Crippen LogP contribution in [-0.2, 0) is 4.79 Å². The van der Waals surface area contributed by atoms with Gasteiger partial charge in [-0.3, -0.25) is 4.79 Å². The van der Waals surface area contributed by atoms with E-state index in [0.717, 1.165) is 6.42 Å². The zero-order valence-electron chi connectivity index (χ0n) is 14.4. The van der Waals surface area contributed by atoms with Crippen LogP contribution < -0.4 is 0 Å². The van der Waals surface area contributed by atoms with E-state index in [9.17, 15) is 15.0 Å². The molecule has 0 saturated carbocycles. The topological polar surface area (TPSA) is 77.8 Å². The number of aliphatic hydroxyl groups excluding tert-OH is 2. The lowest BCUT2D eigenvalue weighted by molar-refractivity contribution is -0.137. The van der Waals surface area contributed by atoms with E-state index in [1.165, 1.54) is 0 Å². The fourth-order valence-corrected chi connectivity index (χ4v) is 1.80. The number of aliphatic hydroxyl groups is 2. The lowest BCUT2D eigenvalue weighted by Gasteiger charge is -1.99. The quantitative estimate of drug-likeness (QED) is 0.271. The fraction of sp³-hybridized carbons (Fsp3) is 0.450. The number of hydrogen-bond acceptors (Lipinski definition) is 3. The Balaban J connectivity index is 3.85. The first-order valence-electron chi connectivity index (χ1n) is 8.45. The minimum Gasteiger partial charge on any atom is -0.481 e. The molecule has 3 N–H and O–H groups in total. The predicted molar refractivity (Wildman–Crippen MR) is 98.7 cm³/mol. The predicted octanol–water partition coefficient (Wildman–Crippen LogP) is 3.93. The molecule has 134 valence electrons. The van der Waals surface area contributed by atoms with Gasteiger partial charge in [0.25, 0.3) is 0 Å². The second-order valence-electron chi connectivity index (χ2n) is 5.40. The maximum atomic E-state index is 10.3. The summed E-state index contributed by atoms with van der Waals surface area (Å²) in [7, 11) is 0. The maximum Gasteiger partial charge on any atom is 0.303 e. The van der Waals surface area contributed by atoms with Gasteiger partial charge in [-0.1, -0.05) is 67.7 Å². The minimum absolute atomic E-state index is 0.175. The average molecular weight is 334 g/mol. The Morgan fingerprint density at radius 2 is 1.42 bits per heavy atom. The normalized spacial score (nSPS) is 15.5. The number of allylic oxidation sites excluding steroid dienone is 6. The number of unbranched alkanes of at least 4 members (excludes halogenated alkanes) is 1. The van der Waals surface area contributed by atoms with Gasteiger partial charge in [0, 0.05) is 6.42 Å². The lowest BCUT2D eigenvalue weighted by Crippen LogP contribution is -1.99. The molecule has 0 aromatic heterocycles. The summed E-state index contributed by atoms with van der Waals surface area (Å²) in [6.07, 6.45) is 20.9. The Bertz CT molecular complexity index is 458. The molecule has 2 atom stereocenters. The third-order valence-corrected chi connectivity index (χ3v) is 3.09. The van der Waals surface area contributed by atoms with Crippen LogP contribution in [0.4, 0.5) is 0 Å². The molecular weight excluding hydrogens is 304 g/mol. The largest absolute Gasteiger partial charge is 0.481 e. The summed E-state index contributed by atoms with van der Waals surface area (Å²) in [4.78, 5) is 10.3. The summed E-state index contributed by atoms with van der Waals surface area (Å²) in [6.45, 7) is 2.05. The molecule has 4 nitrogen and oxygen atoms in total. The first kappa shape index (κ1) is 22.1. The van der Waals surface area contributed by atoms with Crippen molar-refractivity contribution in [2.75, 3.05) is 0 Å². The van der Waals surface area contributed by atoms with Crippen LogP contribution in [0.2, 0.25) is 0 Å². The Kier molecular flexibility index (Phi) is 14.7. The highest BCUT2D eigenvalue weighted by molar-refractivity contribution is 5.66. The van der Waals surface area contributed by atoms with E-state index in [2.05, 4.69) is 6.92 Å². The minimum atomic E-state index is -0.780. The molecule has 0 saturated heterocycles. The number of aliphatic carboxylic acids is 1. The van der Waals surface area contributed by atoms with Crippen molar-refractivity contribution in [2.24, 2.45) is 0 Å². The van der Waals surface area contributed by atoms with Gasteiger partial charge in [0.1, 0.15) is 0 Å². The van der Waals surface area contributed by atoms with Crippen LogP contribution in [0.15, 0.2) is 60.8 Å². The SMILES string of the molecule is CC/C=C\C[C@H](O)/C=C/C=C\C=C\C(O)C/C=C\CCCC(=O)O. The third kappa shape index (κ3) is 16.5. The van der Waals surface area contributed by atoms with Crippen LogP contribution >= 0.6 is 0 Å². The summed E-state index contributed by atoms with van der Waals surface area (Å²) in [5, 5.41) is 27.9. The Morgan fingerprint density at radius 3 is 1.92 bits per heavy atom. The van der Waals surface area contributed by atoms with Crippen LogP contribution in [0.25, 0.3) is 0 Å². The summed E-state index contributed by atoms with van der Waals surface area (Å²) < 4.78 is 0. The van der Waals surface area contributed by atoms with Crippen molar-refractivity contribution < 1.29 is 20.1 Å². The third-order valence-electron chi connectivity index (χ3n) is 3.09. The Hall–Kier alpha value is -1.91. The number of rotatable bonds is 13. The second kappa shape index (κ2) is 16.0. The first-order chi connectivity index (χ1) is 11.6. The van der Waals surface area contributed by atoms with Gasteiger partial charge in [-0.05, 0) is 32.1 Å². The molecule has 0 aromatic carbocycles. The zero-order chi connectivity index (χ0) is 18.0. The monoisotopic (exact) mass is 334 g/mol. The molecule has 0 amide bonds. The lowest BCUT2D eigenvalue weighted by atomic mass is 10.2. The molecule has 0 aliphatic carbocycles. The summed E-state index contributed by atoms with van der Waals surface area (Å²) in [6, 6.07) is 0. The van der Waals surface area contributed by atoms with Crippen molar-refractivity contribution in [1.82, 2.24) is 0 Å². The van der Waals surface area contributed by atoms with Gasteiger partial charge in [0.05, 0.1) is 12.2 Å². The molecule has 0 heterocycles. The number of carbonyl (C=O) groups is 1. The van der Waals surface area contributed by atoms with Gasteiger partial charge in [0.2, 0.25) is 0 Å². The summed E-state index contributed by atoms with van der Waals surface area (Å²) in [5.41, 5.74) is 0. The molecular formula is C20H30O4. The molecule has 0 aliphatic heterocycles. The van der Waals surface area contributed by atoms with E-state index in [1.807, 2.05) is 24.3 Å². The van der Waals surface area contributed by atoms with Crippen LogP contribution in [0.5, 0.6) is 0 Å². The van der Waals surface area contributed by atoms with Gasteiger partial charge in [-0.2, -0.15) is 0 Å². The second-order valence-corrected chi connectivity index (χ2v) is 5.40. The number of carboxylic acid groups (broad SMARTS) is 1. The average Bonchev–Trinajstić information content (AvgIpc) is 2.54. The smallest absolute Gasteiger partial charge is 0.303 e. The van der Waals surface area contributed by atoms with Crippen molar-refractivity contribution in [3.8, 4) is 0 Å². The van der Waals surface area contributed by atoms with Crippen LogP contribution in [-0.4, -0.2) is 33.5 Å². The van der Waals surface area contributed by atoms with Gasteiger partial charge in [0.15, 0.2) is 0 Å². The van der Waals surface area contributed by atoms with E-state index in [0.29, 0.717) is 25.7 Å². The molecule has 0 bridgehead atoms. The van der Waals surface area contributed by atoms with Crippen LogP contribution in [0, 0.1) is 0 Å². The van der Waals surface area contributed by atoms with Gasteiger partial charge >= 0.3 is 5.97 Å². The van der Waals surface area contributed by atoms with E-state index in [1.54, 1.807) is 36.5 Å².